The van der Waals surface area contributed by atoms with Gasteiger partial charge in [-0.1, -0.05) is 49.9 Å². The van der Waals surface area contributed by atoms with E-state index in [1.165, 1.54) is 6.08 Å². The van der Waals surface area contributed by atoms with Gasteiger partial charge in [0.1, 0.15) is 24.9 Å². The largest absolute Gasteiger partial charge is 0.509 e. The third-order valence-electron chi connectivity index (χ3n) is 6.95. The summed E-state index contributed by atoms with van der Waals surface area (Å²) in [5.41, 5.74) is 0.758. The molecule has 220 valence electrons. The molecule has 3 heterocycles. The number of amides is 1. The highest BCUT2D eigenvalue weighted by Crippen LogP contribution is 2.35. The number of ether oxygens (including phenoxy) is 8. The average Bonchev–Trinajstić information content (AvgIpc) is 3.36. The number of hydrogen-bond acceptors (Lipinski definition) is 12. The maximum Gasteiger partial charge on any atom is 0.509 e. The summed E-state index contributed by atoms with van der Waals surface area (Å²) < 4.78 is 45.1. The van der Waals surface area contributed by atoms with Crippen LogP contribution < -0.4 is 5.32 Å². The van der Waals surface area contributed by atoms with Crippen molar-refractivity contribution in [3.63, 3.8) is 0 Å². The van der Waals surface area contributed by atoms with Crippen molar-refractivity contribution < 1.29 is 57.4 Å². The topological polar surface area (TPSA) is 157 Å². The third kappa shape index (κ3) is 6.56. The van der Waals surface area contributed by atoms with Crippen molar-refractivity contribution in [1.29, 1.82) is 0 Å². The highest BCUT2D eigenvalue weighted by atomic mass is 16.8. The lowest BCUT2D eigenvalue weighted by molar-refractivity contribution is -0.331. The fourth-order valence-corrected chi connectivity index (χ4v) is 5.00. The molecular formula is C27H35NO12. The van der Waals surface area contributed by atoms with Gasteiger partial charge in [0.15, 0.2) is 24.6 Å². The van der Waals surface area contributed by atoms with E-state index < -0.39 is 73.3 Å². The summed E-state index contributed by atoms with van der Waals surface area (Å²) in [6.45, 7) is 7.04. The summed E-state index contributed by atoms with van der Waals surface area (Å²) in [7, 11) is 1.14. The Morgan fingerprint density at radius 1 is 1.15 bits per heavy atom. The quantitative estimate of drug-likeness (QED) is 0.240. The van der Waals surface area contributed by atoms with E-state index in [4.69, 9.17) is 37.9 Å². The molecule has 40 heavy (non-hydrogen) atoms. The number of carbonyl (C=O) groups excluding carboxylic acids is 3. The first-order valence-electron chi connectivity index (χ1n) is 13.1. The molecule has 0 spiro atoms. The van der Waals surface area contributed by atoms with E-state index in [0.29, 0.717) is 6.42 Å². The number of aliphatic hydroxyl groups excluding tert-OH is 1. The fourth-order valence-electron chi connectivity index (χ4n) is 5.00. The summed E-state index contributed by atoms with van der Waals surface area (Å²) >= 11 is 0. The number of hydrogen-bond donors (Lipinski definition) is 2. The maximum atomic E-state index is 12.6. The van der Waals surface area contributed by atoms with Gasteiger partial charge in [0.2, 0.25) is 0 Å². The Kier molecular flexibility index (Phi) is 9.98. The normalized spacial score (nSPS) is 35.0. The summed E-state index contributed by atoms with van der Waals surface area (Å²) in [5.74, 6) is -0.894. The molecule has 0 aromatic heterocycles. The molecular weight excluding hydrogens is 530 g/mol. The Morgan fingerprint density at radius 3 is 2.58 bits per heavy atom. The average molecular weight is 566 g/mol. The first-order chi connectivity index (χ1) is 19.3. The van der Waals surface area contributed by atoms with Gasteiger partial charge in [-0.05, 0) is 18.9 Å². The molecule has 0 bridgehead atoms. The molecule has 13 nitrogen and oxygen atoms in total. The molecule has 1 amide bonds. The number of fused-ring (bicyclic) bond motifs is 1. The van der Waals surface area contributed by atoms with Gasteiger partial charge in [-0.2, -0.15) is 0 Å². The van der Waals surface area contributed by atoms with Gasteiger partial charge in [0, 0.05) is 0 Å². The molecule has 3 fully saturated rings. The van der Waals surface area contributed by atoms with Gasteiger partial charge in [-0.3, -0.25) is 0 Å². The van der Waals surface area contributed by atoms with Crippen LogP contribution in [0.2, 0.25) is 0 Å². The molecule has 0 radical (unpaired) electrons. The number of nitrogens with one attached hydrogen (secondary N) is 1. The van der Waals surface area contributed by atoms with Crippen LogP contribution in [0.1, 0.15) is 25.8 Å². The van der Waals surface area contributed by atoms with Crippen molar-refractivity contribution in [2.24, 2.45) is 0 Å². The van der Waals surface area contributed by atoms with Gasteiger partial charge in [0.25, 0.3) is 0 Å². The second-order valence-corrected chi connectivity index (χ2v) is 9.56. The fraction of sp³-hybridized carbons (Fsp3) is 0.593. The second kappa shape index (κ2) is 13.4. The number of esters is 1. The molecule has 0 saturated carbocycles. The van der Waals surface area contributed by atoms with Crippen LogP contribution in [-0.4, -0.2) is 98.2 Å². The van der Waals surface area contributed by atoms with Gasteiger partial charge in [-0.25, -0.2) is 14.4 Å². The lowest BCUT2D eigenvalue weighted by Crippen LogP contribution is -2.65. The zero-order valence-electron chi connectivity index (χ0n) is 22.5. The van der Waals surface area contributed by atoms with Crippen LogP contribution >= 0.6 is 0 Å². The number of carbonyl (C=O) groups is 3. The van der Waals surface area contributed by atoms with E-state index in [1.807, 2.05) is 25.1 Å². The molecule has 2 N–H and O–H groups in total. The maximum absolute atomic E-state index is 12.6. The van der Waals surface area contributed by atoms with Crippen LogP contribution in [0.3, 0.4) is 0 Å². The number of benzene rings is 1. The monoisotopic (exact) mass is 565 g/mol. The second-order valence-electron chi connectivity index (χ2n) is 9.56. The van der Waals surface area contributed by atoms with Crippen LogP contribution in [0.25, 0.3) is 0 Å². The molecule has 13 heteroatoms. The minimum absolute atomic E-state index is 0.00137. The van der Waals surface area contributed by atoms with Crippen LogP contribution in [0.15, 0.2) is 43.0 Å². The Morgan fingerprint density at radius 2 is 1.90 bits per heavy atom. The lowest BCUT2D eigenvalue weighted by Gasteiger charge is -2.46. The Balaban J connectivity index is 1.66. The van der Waals surface area contributed by atoms with Gasteiger partial charge >= 0.3 is 18.2 Å². The van der Waals surface area contributed by atoms with Crippen molar-refractivity contribution in [1.82, 2.24) is 5.32 Å². The first kappa shape index (κ1) is 29.7. The number of aliphatic hydroxyl groups is 1. The zero-order valence-corrected chi connectivity index (χ0v) is 22.5. The highest BCUT2D eigenvalue weighted by molar-refractivity contribution is 5.75. The van der Waals surface area contributed by atoms with Crippen molar-refractivity contribution in [2.75, 3.05) is 13.7 Å². The van der Waals surface area contributed by atoms with Crippen LogP contribution in [0.5, 0.6) is 0 Å². The number of alkyl carbamates (subject to hydrolysis) is 1. The Labute approximate surface area is 231 Å². The molecule has 10 atom stereocenters. The molecule has 3 aliphatic rings. The molecule has 1 aromatic rings. The molecule has 3 aliphatic heterocycles. The third-order valence-corrected chi connectivity index (χ3v) is 6.95. The van der Waals surface area contributed by atoms with E-state index in [2.05, 4.69) is 11.9 Å². The van der Waals surface area contributed by atoms with Crippen molar-refractivity contribution in [3.05, 3.63) is 48.6 Å². The van der Waals surface area contributed by atoms with Crippen LogP contribution in [0.4, 0.5) is 9.59 Å². The van der Waals surface area contributed by atoms with Crippen molar-refractivity contribution in [3.8, 4) is 0 Å². The molecule has 3 saturated heterocycles. The SMILES string of the molecule is C=CCOC(=O)OC1[C@H](O[C@@H]2C(CC)O[C@@H](C)C3NC(=O)O[C@H]32)OC(C(=O)OC)[C@@H](O)[C@@H]1OCc1ccccc1. The minimum Gasteiger partial charge on any atom is -0.467 e. The molecule has 4 unspecified atom stereocenters. The summed E-state index contributed by atoms with van der Waals surface area (Å²) in [4.78, 5) is 37.3. The predicted octanol–water partition coefficient (Wildman–Crippen LogP) is 1.60. The van der Waals surface area contributed by atoms with E-state index in [0.717, 1.165) is 12.7 Å². The van der Waals surface area contributed by atoms with Crippen LogP contribution in [0, 0.1) is 0 Å². The molecule has 1 aromatic carbocycles. The van der Waals surface area contributed by atoms with E-state index in [1.54, 1.807) is 19.1 Å². The summed E-state index contributed by atoms with van der Waals surface area (Å²) in [6, 6.07) is 8.55. The van der Waals surface area contributed by atoms with Crippen LogP contribution in [-0.2, 0) is 49.3 Å². The summed E-state index contributed by atoms with van der Waals surface area (Å²) in [6.07, 6.45) is -9.88. The molecule has 0 aliphatic carbocycles. The minimum atomic E-state index is -1.61. The Hall–Kier alpha value is -3.23. The standard InChI is InChI=1S/C27H35NO12/c1-5-12-34-27(32)40-23-21(35-13-15-10-8-7-9-11-15)18(29)22(24(30)33-4)38-25(23)37-19-16(6-2)36-14(3)17-20(19)39-26(31)28-17/h5,7-11,14,16-23,25,29H,1,6,12-13H2,2-4H3,(H,28,31)/t14-,16?,17?,18-,19+,20+,21-,22?,23?,25+/m0/s1. The Bertz CT molecular complexity index is 1040. The summed E-state index contributed by atoms with van der Waals surface area (Å²) in [5, 5.41) is 13.9. The van der Waals surface area contributed by atoms with Gasteiger partial charge < -0.3 is 48.3 Å². The lowest BCUT2D eigenvalue weighted by atomic mass is 9.92. The van der Waals surface area contributed by atoms with Crippen molar-refractivity contribution >= 4 is 18.2 Å². The van der Waals surface area contributed by atoms with Gasteiger partial charge in [-0.15, -0.1) is 0 Å². The predicted molar refractivity (Wildman–Crippen MR) is 135 cm³/mol. The van der Waals surface area contributed by atoms with Crippen molar-refractivity contribution in [2.45, 2.75) is 88.0 Å². The van der Waals surface area contributed by atoms with E-state index in [-0.39, 0.29) is 19.3 Å². The van der Waals surface area contributed by atoms with E-state index in [9.17, 15) is 19.5 Å². The highest BCUT2D eigenvalue weighted by Gasteiger charge is 2.57. The number of methoxy groups -OCH3 is 1. The smallest absolute Gasteiger partial charge is 0.467 e. The van der Waals surface area contributed by atoms with E-state index >= 15 is 0 Å². The number of rotatable bonds is 10. The molecule has 4 rings (SSSR count). The first-order valence-corrected chi connectivity index (χ1v) is 13.1. The van der Waals surface area contributed by atoms with Gasteiger partial charge in [0.05, 0.1) is 32.0 Å². The zero-order chi connectivity index (χ0) is 28.8.